The Morgan fingerprint density at radius 3 is 1.54 bits per heavy atom. The summed E-state index contributed by atoms with van der Waals surface area (Å²) >= 11 is 2.20. The van der Waals surface area contributed by atoms with Gasteiger partial charge < -0.3 is 76.3 Å². The molecule has 2 aliphatic rings. The van der Waals surface area contributed by atoms with Gasteiger partial charge in [-0.05, 0) is 255 Å². The number of ether oxygens (including phenoxy) is 6. The normalized spacial score (nSPS) is 16.4. The van der Waals surface area contributed by atoms with Gasteiger partial charge in [0.1, 0.15) is 71.4 Å². The van der Waals surface area contributed by atoms with Gasteiger partial charge in [-0.15, -0.1) is 0 Å². The Kier molecular flexibility index (Phi) is 40.1. The van der Waals surface area contributed by atoms with Gasteiger partial charge in [-0.3, -0.25) is 33.6 Å². The highest BCUT2D eigenvalue weighted by molar-refractivity contribution is 14.1. The molecule has 9 amide bonds. The van der Waals surface area contributed by atoms with Gasteiger partial charge in [-0.25, -0.2) is 28.8 Å². The topological polar surface area (TPSA) is 386 Å². The number of rotatable bonds is 41. The third-order valence-electron chi connectivity index (χ3n) is 18.7. The monoisotopic (exact) mass is 1700 g/mol. The number of amides is 9. The minimum absolute atomic E-state index is 0.00514. The van der Waals surface area contributed by atoms with Crippen LogP contribution in [0.2, 0.25) is 0 Å². The molecular weight excluding hydrogens is 1580 g/mol. The van der Waals surface area contributed by atoms with Crippen LogP contribution in [-0.4, -0.2) is 168 Å². The van der Waals surface area contributed by atoms with E-state index in [9.17, 15) is 62.3 Å². The van der Waals surface area contributed by atoms with Crippen molar-refractivity contribution in [2.75, 3.05) is 26.2 Å². The number of hydrogen-bond donors (Lipinski definition) is 9. The van der Waals surface area contributed by atoms with Gasteiger partial charge in [0.25, 0.3) is 0 Å². The van der Waals surface area contributed by atoms with Gasteiger partial charge in [-0.2, -0.15) is 0 Å². The first-order valence-corrected chi connectivity index (χ1v) is 41.4. The molecule has 0 spiro atoms. The first-order chi connectivity index (χ1) is 53.7. The Morgan fingerprint density at radius 2 is 0.974 bits per heavy atom. The Bertz CT molecular complexity index is 3680. The van der Waals surface area contributed by atoms with Gasteiger partial charge >= 0.3 is 42.0 Å². The van der Waals surface area contributed by atoms with E-state index in [2.05, 4.69) is 77.0 Å². The van der Waals surface area contributed by atoms with Crippen molar-refractivity contribution in [1.82, 2.24) is 47.9 Å². The van der Waals surface area contributed by atoms with Gasteiger partial charge in [-0.1, -0.05) is 86.5 Å². The third-order valence-corrected chi connectivity index (χ3v) is 19.4. The van der Waals surface area contributed by atoms with E-state index in [1.807, 2.05) is 66.7 Å². The molecule has 5 rings (SSSR count). The number of alkyl carbamates (subject to hydrolysis) is 1. The van der Waals surface area contributed by atoms with Crippen LogP contribution in [0.1, 0.15) is 242 Å². The Labute approximate surface area is 686 Å². The second-order valence-electron chi connectivity index (χ2n) is 33.6. The van der Waals surface area contributed by atoms with Crippen molar-refractivity contribution in [2.45, 2.75) is 308 Å². The lowest BCUT2D eigenvalue weighted by molar-refractivity contribution is -0.161. The van der Waals surface area contributed by atoms with Crippen LogP contribution in [0.3, 0.4) is 0 Å². The molecule has 0 saturated heterocycles. The van der Waals surface area contributed by atoms with Crippen molar-refractivity contribution >= 4 is 111 Å². The molecule has 0 aromatic heterocycles. The summed E-state index contributed by atoms with van der Waals surface area (Å²) in [5.74, 6) is -8.01. The van der Waals surface area contributed by atoms with Gasteiger partial charge in [0.05, 0.1) is 12.8 Å². The number of benzene rings is 3. The molecule has 0 aliphatic heterocycles. The first kappa shape index (κ1) is 95.7. The smallest absolute Gasteiger partial charge is 0.407 e. The van der Waals surface area contributed by atoms with Crippen molar-refractivity contribution in [1.29, 1.82) is 0 Å². The van der Waals surface area contributed by atoms with E-state index >= 15 is 0 Å². The van der Waals surface area contributed by atoms with Crippen LogP contribution in [0, 0.1) is 15.4 Å². The summed E-state index contributed by atoms with van der Waals surface area (Å²) in [5, 5.41) is 26.8. The van der Waals surface area contributed by atoms with E-state index in [0.29, 0.717) is 77.0 Å². The molecule has 0 bridgehead atoms. The lowest BCUT2D eigenvalue weighted by atomic mass is 9.81. The number of halogens is 1. The summed E-state index contributed by atoms with van der Waals surface area (Å²) in [6, 6.07) is 12.9. The predicted octanol–water partition coefficient (Wildman–Crippen LogP) is 10.9. The number of unbranched alkanes of at least 4 members (excludes halogenated alkanes) is 2. The molecule has 2 fully saturated rings. The summed E-state index contributed by atoms with van der Waals surface area (Å²) in [7, 11) is 0. The maximum absolute atomic E-state index is 14.4. The summed E-state index contributed by atoms with van der Waals surface area (Å²) in [5.41, 5.74) is -1.97. The largest absolute Gasteiger partial charge is 0.461 e. The zero-order valence-corrected chi connectivity index (χ0v) is 71.1. The highest BCUT2D eigenvalue weighted by atomic mass is 127. The summed E-state index contributed by atoms with van der Waals surface area (Å²) in [6.45, 7) is 23.9. The number of carbonyl (C=O) groups excluding carboxylic acids is 13. The molecule has 114 heavy (non-hydrogen) atoms. The van der Waals surface area contributed by atoms with E-state index in [-0.39, 0.29) is 82.7 Å². The van der Waals surface area contributed by atoms with E-state index in [4.69, 9.17) is 28.4 Å². The number of esters is 5. The van der Waals surface area contributed by atoms with Crippen molar-refractivity contribution in [3.05, 3.63) is 94.1 Å². The van der Waals surface area contributed by atoms with Crippen LogP contribution in [0.15, 0.2) is 79.4 Å². The molecule has 29 heteroatoms. The molecule has 28 nitrogen and oxygen atoms in total. The van der Waals surface area contributed by atoms with Crippen LogP contribution in [0.25, 0.3) is 10.8 Å². The van der Waals surface area contributed by atoms with Gasteiger partial charge in [0, 0.05) is 48.4 Å². The van der Waals surface area contributed by atoms with Crippen molar-refractivity contribution in [2.24, 2.45) is 11.8 Å². The fourth-order valence-corrected chi connectivity index (χ4v) is 13.4. The van der Waals surface area contributed by atoms with Crippen molar-refractivity contribution in [3.8, 4) is 0 Å². The van der Waals surface area contributed by atoms with Crippen molar-refractivity contribution in [3.63, 3.8) is 0 Å². The number of fused-ring (bicyclic) bond motifs is 1. The average molecular weight is 1700 g/mol. The molecule has 0 radical (unpaired) electrons. The Morgan fingerprint density at radius 1 is 0.474 bits per heavy atom. The molecule has 0 heterocycles. The minimum atomic E-state index is -1.63. The first-order valence-electron chi connectivity index (χ1n) is 40.4. The molecule has 3 aromatic rings. The van der Waals surface area contributed by atoms with E-state index in [1.165, 1.54) is 6.08 Å². The number of urea groups is 1. The van der Waals surface area contributed by atoms with Crippen LogP contribution in [0.5, 0.6) is 0 Å². The molecule has 3 aromatic carbocycles. The molecule has 9 N–H and O–H groups in total. The molecular formula is C85H126IN9O19. The van der Waals surface area contributed by atoms with Crippen molar-refractivity contribution < 1.29 is 90.8 Å². The van der Waals surface area contributed by atoms with Crippen LogP contribution in [0.4, 0.5) is 9.59 Å². The second-order valence-corrected chi connectivity index (χ2v) is 34.9. The highest BCUT2D eigenvalue weighted by Crippen LogP contribution is 2.30. The predicted molar refractivity (Wildman–Crippen MR) is 439 cm³/mol. The average Bonchev–Trinajstić information content (AvgIpc) is 0.835. The number of hydrogen-bond acceptors (Lipinski definition) is 19. The molecule has 2 saturated carbocycles. The van der Waals surface area contributed by atoms with Crippen LogP contribution >= 0.6 is 22.6 Å². The van der Waals surface area contributed by atoms with E-state index in [0.717, 1.165) is 57.6 Å². The summed E-state index contributed by atoms with van der Waals surface area (Å²) < 4.78 is 34.4. The van der Waals surface area contributed by atoms with Gasteiger partial charge in [0.15, 0.2) is 0 Å². The van der Waals surface area contributed by atoms with E-state index in [1.54, 1.807) is 83.1 Å². The summed E-state index contributed by atoms with van der Waals surface area (Å²) in [6.07, 6.45) is 9.53. The Balaban J connectivity index is 1.25. The lowest BCUT2D eigenvalue weighted by Gasteiger charge is -2.30. The fourth-order valence-electron chi connectivity index (χ4n) is 13.1. The summed E-state index contributed by atoms with van der Waals surface area (Å²) in [4.78, 5) is 178. The quantitative estimate of drug-likeness (QED) is 0.00837. The standard InChI is InChI=1S/C85H126IN9O19/c1-14-49-109-81(108)88-48-25-22-32-63(90-70(97)53-68(79(106)114-85(11,12)13)92-71(98)52-67(78(105)113-84(8,9)10)91-69(96)34-26-27-55-38-43-61(86)44-39-55)74(101)89-54-56-35-41-59(42-36-56)73(100)93-66(51-57-37-40-58-28-20-21-29-60(58)50-57)75(102)87-47-24-23-33-64(76(103)110-62-30-18-16-15-17-19-31-62)94-80(107)95-65(77(104)112-83(5,6)7)45-46-72(99)111-82(2,3)4/h14,20-21,28-29,37-40,43-44,50,56,59,62-68H,1,15-19,22-27,30-36,41-42,45-49,51-54H2,2-13H3,(H,87,102)(H,88,108)(H,89,101)(H,90,97)(H,91,96)(H,92,98)(H,93,100)(H2,94,95,107). The van der Waals surface area contributed by atoms with Gasteiger partial charge in [0.2, 0.25) is 35.4 Å². The highest BCUT2D eigenvalue weighted by Gasteiger charge is 2.37. The molecule has 6 atom stereocenters. The molecule has 2 aliphatic carbocycles. The second kappa shape index (κ2) is 47.8. The molecule has 632 valence electrons. The fraction of sp³-hybridized carbons (Fsp3) is 0.635. The zero-order valence-electron chi connectivity index (χ0n) is 69.0. The van der Waals surface area contributed by atoms with E-state index < -0.39 is 149 Å². The number of aryl methyl sites for hydroxylation is 1. The Hall–Kier alpha value is -8.90. The van der Waals surface area contributed by atoms with Crippen LogP contribution < -0.4 is 47.9 Å². The lowest BCUT2D eigenvalue weighted by Crippen LogP contribution is -2.53. The zero-order chi connectivity index (χ0) is 84.2. The minimum Gasteiger partial charge on any atom is -0.461 e. The van der Waals surface area contributed by atoms with Crippen LogP contribution in [-0.2, 0) is 94.0 Å². The molecule has 6 unspecified atom stereocenters. The maximum Gasteiger partial charge on any atom is 0.407 e. The number of nitrogens with one attached hydrogen (secondary N) is 9. The third kappa shape index (κ3) is 39.4. The maximum atomic E-state index is 14.4. The number of carbonyl (C=O) groups is 13. The SMILES string of the molecule is C=CCOC(=O)NCCCCC(NC(=O)CC(NC(=O)CC(NC(=O)CCCc1ccc(I)cc1)C(=O)OC(C)(C)C)C(=O)OC(C)(C)C)C(=O)NCC1CCC(C(=O)NC(Cc2ccc3ccccc3c2)C(=O)NCCCCC(NC(=O)NC(CCC(=O)OC(C)(C)C)C(=O)OC(C)(C)C)C(=O)OC2CCCCCCC2)CC1.